The lowest BCUT2D eigenvalue weighted by atomic mass is 10.1. The van der Waals surface area contributed by atoms with Gasteiger partial charge >= 0.3 is 5.97 Å². The minimum Gasteiger partial charge on any atom is -0.494 e. The number of rotatable bonds is 6. The molecule has 0 bridgehead atoms. The Morgan fingerprint density at radius 3 is 2.47 bits per heavy atom. The Morgan fingerprint density at radius 1 is 1.05 bits per heavy atom. The molecular formula is C28H23N3O7. The molecule has 1 amide bonds. The van der Waals surface area contributed by atoms with Gasteiger partial charge in [0, 0.05) is 10.8 Å². The number of benzene rings is 3. The number of para-hydroxylation sites is 2. The van der Waals surface area contributed by atoms with Crippen LogP contribution in [0.15, 0.2) is 82.7 Å². The van der Waals surface area contributed by atoms with Crippen molar-refractivity contribution in [2.75, 3.05) is 13.2 Å². The zero-order chi connectivity index (χ0) is 26.6. The molecule has 0 radical (unpaired) electrons. The highest BCUT2D eigenvalue weighted by Crippen LogP contribution is 2.31. The molecule has 1 atom stereocenters. The molecule has 4 aromatic rings. The molecule has 0 saturated carbocycles. The first-order chi connectivity index (χ1) is 18.5. The lowest BCUT2D eigenvalue weighted by molar-refractivity contribution is -0.130. The number of aromatic nitrogens is 1. The summed E-state index contributed by atoms with van der Waals surface area (Å²) in [6.45, 7) is 1.95. The zero-order valence-corrected chi connectivity index (χ0v) is 20.3. The van der Waals surface area contributed by atoms with Crippen LogP contribution in [0, 0.1) is 0 Å². The van der Waals surface area contributed by atoms with Gasteiger partial charge in [0.25, 0.3) is 11.5 Å². The molecule has 0 fully saturated rings. The van der Waals surface area contributed by atoms with Gasteiger partial charge in [0.05, 0.1) is 29.6 Å². The Hall–Kier alpha value is -5.12. The van der Waals surface area contributed by atoms with E-state index in [9.17, 15) is 19.5 Å². The molecule has 0 unspecified atom stereocenters. The molecule has 192 valence electrons. The number of carbonyl (C=O) groups excluding carboxylic acids is 2. The molecule has 1 aliphatic rings. The number of nitrogens with one attached hydrogen (secondary N) is 1. The van der Waals surface area contributed by atoms with E-state index in [1.807, 2.05) is 0 Å². The molecule has 10 nitrogen and oxygen atoms in total. The standard InChI is InChI=1S/C28H23N3O7/c1-2-36-28(35)17-11-13-18(14-12-17)31-26(33)20-8-4-3-7-19(20)21(27(31)34)15-29-30-25(32)24-16-37-22-9-5-6-10-23(22)38-24/h3-15,24,34H,2,16H2,1H3,(H,30,32)/t24-/m1/s1. The Morgan fingerprint density at radius 2 is 1.74 bits per heavy atom. The van der Waals surface area contributed by atoms with Gasteiger partial charge in [0.1, 0.15) is 6.61 Å². The molecule has 1 aliphatic heterocycles. The molecule has 0 saturated heterocycles. The molecule has 3 aromatic carbocycles. The van der Waals surface area contributed by atoms with E-state index in [-0.39, 0.29) is 24.7 Å². The summed E-state index contributed by atoms with van der Waals surface area (Å²) < 4.78 is 17.4. The van der Waals surface area contributed by atoms with Crippen LogP contribution in [0.5, 0.6) is 17.4 Å². The maximum atomic E-state index is 13.3. The lowest BCUT2D eigenvalue weighted by Crippen LogP contribution is -2.42. The average molecular weight is 514 g/mol. The third kappa shape index (κ3) is 4.66. The molecular weight excluding hydrogens is 490 g/mol. The summed E-state index contributed by atoms with van der Waals surface area (Å²) >= 11 is 0. The number of hydrazone groups is 1. The summed E-state index contributed by atoms with van der Waals surface area (Å²) in [4.78, 5) is 37.9. The maximum absolute atomic E-state index is 13.3. The highest BCUT2D eigenvalue weighted by Gasteiger charge is 2.27. The minimum absolute atomic E-state index is 0.0131. The number of amides is 1. The molecule has 0 aliphatic carbocycles. The van der Waals surface area contributed by atoms with Crippen LogP contribution >= 0.6 is 0 Å². The first-order valence-corrected chi connectivity index (χ1v) is 11.8. The Balaban J connectivity index is 1.44. The van der Waals surface area contributed by atoms with Gasteiger partial charge in [0.15, 0.2) is 11.5 Å². The number of aromatic hydroxyl groups is 1. The van der Waals surface area contributed by atoms with Crippen molar-refractivity contribution in [2.24, 2.45) is 5.10 Å². The van der Waals surface area contributed by atoms with Crippen molar-refractivity contribution in [3.05, 3.63) is 94.3 Å². The second kappa shape index (κ2) is 10.5. The SMILES string of the molecule is CCOC(=O)c1ccc(-n2c(O)c(C=NNC(=O)[C@H]3COc4ccccc4O3)c3ccccc3c2=O)cc1. The van der Waals surface area contributed by atoms with Gasteiger partial charge in [-0.3, -0.25) is 9.59 Å². The maximum Gasteiger partial charge on any atom is 0.338 e. The van der Waals surface area contributed by atoms with Crippen molar-refractivity contribution < 1.29 is 28.9 Å². The van der Waals surface area contributed by atoms with Crippen molar-refractivity contribution in [3.63, 3.8) is 0 Å². The van der Waals surface area contributed by atoms with Crippen molar-refractivity contribution in [1.29, 1.82) is 0 Å². The molecule has 2 N–H and O–H groups in total. The second-order valence-corrected chi connectivity index (χ2v) is 8.29. The predicted molar refractivity (Wildman–Crippen MR) is 139 cm³/mol. The van der Waals surface area contributed by atoms with Crippen molar-refractivity contribution in [2.45, 2.75) is 13.0 Å². The average Bonchev–Trinajstić information content (AvgIpc) is 2.95. The van der Waals surface area contributed by atoms with Gasteiger partial charge in [-0.2, -0.15) is 5.10 Å². The van der Waals surface area contributed by atoms with Crippen LogP contribution in [0.25, 0.3) is 16.5 Å². The van der Waals surface area contributed by atoms with Gasteiger partial charge in [0.2, 0.25) is 12.0 Å². The number of fused-ring (bicyclic) bond motifs is 2. The van der Waals surface area contributed by atoms with E-state index in [0.29, 0.717) is 33.5 Å². The number of esters is 1. The smallest absolute Gasteiger partial charge is 0.338 e. The number of pyridine rings is 1. The van der Waals surface area contributed by atoms with E-state index >= 15 is 0 Å². The summed E-state index contributed by atoms with van der Waals surface area (Å²) in [5, 5.41) is 15.9. The van der Waals surface area contributed by atoms with Gasteiger partial charge in [-0.05, 0) is 49.4 Å². The van der Waals surface area contributed by atoms with Crippen molar-refractivity contribution >= 4 is 28.9 Å². The van der Waals surface area contributed by atoms with E-state index < -0.39 is 23.5 Å². The van der Waals surface area contributed by atoms with Crippen molar-refractivity contribution in [1.82, 2.24) is 9.99 Å². The van der Waals surface area contributed by atoms with E-state index in [4.69, 9.17) is 14.2 Å². The number of ether oxygens (including phenoxy) is 3. The fourth-order valence-electron chi connectivity index (χ4n) is 4.07. The molecule has 1 aromatic heterocycles. The molecule has 0 spiro atoms. The second-order valence-electron chi connectivity index (χ2n) is 8.29. The predicted octanol–water partition coefficient (Wildman–Crippen LogP) is 3.16. The van der Waals surface area contributed by atoms with Crippen LogP contribution in [0.2, 0.25) is 0 Å². The van der Waals surface area contributed by atoms with Gasteiger partial charge in [-0.15, -0.1) is 0 Å². The summed E-state index contributed by atoms with van der Waals surface area (Å²) in [5.74, 6) is -0.417. The molecule has 38 heavy (non-hydrogen) atoms. The number of hydrogen-bond acceptors (Lipinski definition) is 8. The van der Waals surface area contributed by atoms with Crippen LogP contribution in [-0.4, -0.2) is 47.1 Å². The van der Waals surface area contributed by atoms with Crippen LogP contribution in [-0.2, 0) is 9.53 Å². The Bertz CT molecular complexity index is 1610. The van der Waals surface area contributed by atoms with Gasteiger partial charge in [-0.25, -0.2) is 14.8 Å². The molecule has 10 heteroatoms. The summed E-state index contributed by atoms with van der Waals surface area (Å²) in [6.07, 6.45) is 0.343. The third-order valence-corrected chi connectivity index (χ3v) is 5.91. The Labute approximate surface area is 216 Å². The largest absolute Gasteiger partial charge is 0.494 e. The van der Waals surface area contributed by atoms with E-state index in [2.05, 4.69) is 10.5 Å². The van der Waals surface area contributed by atoms with Gasteiger partial charge < -0.3 is 19.3 Å². The molecule has 5 rings (SSSR count). The van der Waals surface area contributed by atoms with E-state index in [0.717, 1.165) is 4.57 Å². The zero-order valence-electron chi connectivity index (χ0n) is 20.3. The van der Waals surface area contributed by atoms with Gasteiger partial charge in [-0.1, -0.05) is 30.3 Å². The Kier molecular flexibility index (Phi) is 6.77. The highest BCUT2D eigenvalue weighted by molar-refractivity contribution is 6.02. The number of hydrogen-bond donors (Lipinski definition) is 2. The van der Waals surface area contributed by atoms with E-state index in [1.54, 1.807) is 55.5 Å². The van der Waals surface area contributed by atoms with Crippen LogP contribution in [0.4, 0.5) is 0 Å². The van der Waals surface area contributed by atoms with E-state index in [1.165, 1.54) is 30.5 Å². The third-order valence-electron chi connectivity index (χ3n) is 5.91. The summed E-state index contributed by atoms with van der Waals surface area (Å²) in [6, 6.07) is 19.8. The molecule has 2 heterocycles. The first-order valence-electron chi connectivity index (χ1n) is 11.8. The number of carbonyl (C=O) groups is 2. The lowest BCUT2D eigenvalue weighted by Gasteiger charge is -2.24. The summed E-state index contributed by atoms with van der Waals surface area (Å²) in [7, 11) is 0. The van der Waals surface area contributed by atoms with Crippen LogP contribution < -0.4 is 20.5 Å². The topological polar surface area (TPSA) is 128 Å². The summed E-state index contributed by atoms with van der Waals surface area (Å²) in [5.41, 5.74) is 2.79. The van der Waals surface area contributed by atoms with Crippen LogP contribution in [0.1, 0.15) is 22.8 Å². The normalized spacial score (nSPS) is 14.4. The number of nitrogens with zero attached hydrogens (tertiary/aromatic N) is 2. The van der Waals surface area contributed by atoms with Crippen molar-refractivity contribution in [3.8, 4) is 23.1 Å². The fourth-order valence-corrected chi connectivity index (χ4v) is 4.07. The minimum atomic E-state index is -0.917. The monoisotopic (exact) mass is 513 g/mol. The fraction of sp³-hybridized carbons (Fsp3) is 0.143. The quantitative estimate of drug-likeness (QED) is 0.230. The highest BCUT2D eigenvalue weighted by atomic mass is 16.6. The van der Waals surface area contributed by atoms with Crippen LogP contribution in [0.3, 0.4) is 0 Å². The first kappa shape index (κ1) is 24.6.